The molecular formula is C18H23ClN2O5. The van der Waals surface area contributed by atoms with Gasteiger partial charge in [0.25, 0.3) is 0 Å². The lowest BCUT2D eigenvalue weighted by Crippen LogP contribution is -2.49. The molecule has 3 rings (SSSR count). The normalized spacial score (nSPS) is 16.4. The van der Waals surface area contributed by atoms with Crippen LogP contribution in [0.15, 0.2) is 24.3 Å². The molecule has 1 fully saturated rings. The topological polar surface area (TPSA) is 68.3 Å². The third-order valence-electron chi connectivity index (χ3n) is 4.16. The van der Waals surface area contributed by atoms with Gasteiger partial charge in [0.15, 0.2) is 11.5 Å². The lowest BCUT2D eigenvalue weighted by atomic mass is 10.2. The Hall–Kier alpha value is -2.25. The van der Waals surface area contributed by atoms with Crippen molar-refractivity contribution in [1.29, 1.82) is 0 Å². The fourth-order valence-corrected chi connectivity index (χ4v) is 2.81. The molecule has 1 aromatic carbocycles. The maximum absolute atomic E-state index is 12.3. The van der Waals surface area contributed by atoms with E-state index in [1.165, 1.54) is 0 Å². The number of hydrogen-bond acceptors (Lipinski definition) is 6. The number of benzene rings is 1. The average molecular weight is 383 g/mol. The van der Waals surface area contributed by atoms with E-state index < -0.39 is 0 Å². The second-order valence-electron chi connectivity index (χ2n) is 5.85. The molecule has 2 heterocycles. The number of carbonyl (C=O) groups excluding carboxylic acids is 2. The van der Waals surface area contributed by atoms with Crippen LogP contribution in [-0.2, 0) is 14.3 Å². The van der Waals surface area contributed by atoms with Crippen molar-refractivity contribution in [2.75, 3.05) is 46.1 Å². The zero-order chi connectivity index (χ0) is 17.6. The van der Waals surface area contributed by atoms with Crippen molar-refractivity contribution >= 4 is 30.4 Å². The summed E-state index contributed by atoms with van der Waals surface area (Å²) in [6.07, 6.45) is 3.34. The van der Waals surface area contributed by atoms with E-state index in [1.807, 2.05) is 23.1 Å². The molecule has 7 nitrogen and oxygen atoms in total. The Bertz CT molecular complexity index is 672. The fraction of sp³-hybridized carbons (Fsp3) is 0.444. The summed E-state index contributed by atoms with van der Waals surface area (Å²) in [6.45, 7) is 5.24. The van der Waals surface area contributed by atoms with Gasteiger partial charge < -0.3 is 19.1 Å². The van der Waals surface area contributed by atoms with Crippen LogP contribution in [0.5, 0.6) is 11.5 Å². The number of fused-ring (bicyclic) bond motifs is 1. The summed E-state index contributed by atoms with van der Waals surface area (Å²) in [4.78, 5) is 27.6. The van der Waals surface area contributed by atoms with Crippen LogP contribution in [0.25, 0.3) is 6.08 Å². The smallest absolute Gasteiger partial charge is 0.320 e. The van der Waals surface area contributed by atoms with Gasteiger partial charge in [-0.25, -0.2) is 0 Å². The lowest BCUT2D eigenvalue weighted by molar-refractivity contribution is -0.145. The molecule has 2 aliphatic rings. The molecule has 1 aromatic rings. The Morgan fingerprint density at radius 1 is 1.15 bits per heavy atom. The zero-order valence-electron chi connectivity index (χ0n) is 14.7. The van der Waals surface area contributed by atoms with Gasteiger partial charge >= 0.3 is 5.97 Å². The number of halogens is 1. The largest absolute Gasteiger partial charge is 0.465 e. The van der Waals surface area contributed by atoms with Gasteiger partial charge in [-0.1, -0.05) is 6.07 Å². The molecule has 0 spiro atoms. The number of hydrogen-bond donors (Lipinski definition) is 0. The van der Waals surface area contributed by atoms with Crippen LogP contribution in [0.4, 0.5) is 0 Å². The van der Waals surface area contributed by atoms with Gasteiger partial charge in [0.05, 0.1) is 13.2 Å². The van der Waals surface area contributed by atoms with Gasteiger partial charge in [-0.3, -0.25) is 14.5 Å². The Morgan fingerprint density at radius 3 is 2.62 bits per heavy atom. The molecule has 0 saturated carbocycles. The first-order valence-corrected chi connectivity index (χ1v) is 8.40. The summed E-state index contributed by atoms with van der Waals surface area (Å²) in [5.41, 5.74) is 0.888. The van der Waals surface area contributed by atoms with Crippen molar-refractivity contribution < 1.29 is 23.8 Å². The number of esters is 1. The quantitative estimate of drug-likeness (QED) is 0.568. The minimum absolute atomic E-state index is 0. The Kier molecular flexibility index (Phi) is 7.29. The number of amides is 1. The van der Waals surface area contributed by atoms with Gasteiger partial charge in [-0.15, -0.1) is 12.4 Å². The SMILES string of the molecule is CCOC(=O)CN1CCN(C(=O)/C=C/c2ccc3c(c2)OCO3)CC1.Cl. The summed E-state index contributed by atoms with van der Waals surface area (Å²) in [6, 6.07) is 5.57. The average Bonchev–Trinajstić information content (AvgIpc) is 3.08. The number of rotatable bonds is 5. The molecule has 2 aliphatic heterocycles. The molecule has 26 heavy (non-hydrogen) atoms. The molecule has 8 heteroatoms. The molecule has 1 amide bonds. The van der Waals surface area contributed by atoms with Crippen molar-refractivity contribution in [1.82, 2.24) is 9.80 Å². The monoisotopic (exact) mass is 382 g/mol. The molecule has 0 N–H and O–H groups in total. The molecule has 1 saturated heterocycles. The molecule has 0 aromatic heterocycles. The van der Waals surface area contributed by atoms with Crippen molar-refractivity contribution in [2.24, 2.45) is 0 Å². The third-order valence-corrected chi connectivity index (χ3v) is 4.16. The van der Waals surface area contributed by atoms with E-state index in [0.717, 1.165) is 11.3 Å². The molecule has 0 unspecified atom stereocenters. The molecule has 142 valence electrons. The Morgan fingerprint density at radius 2 is 1.88 bits per heavy atom. The van der Waals surface area contributed by atoms with Gasteiger partial charge in [0, 0.05) is 32.3 Å². The minimum Gasteiger partial charge on any atom is -0.465 e. The Labute approximate surface area is 158 Å². The molecule has 0 radical (unpaired) electrons. The number of carbonyl (C=O) groups is 2. The van der Waals surface area contributed by atoms with Gasteiger partial charge in [-0.05, 0) is 30.7 Å². The summed E-state index contributed by atoms with van der Waals surface area (Å²) in [7, 11) is 0. The van der Waals surface area contributed by atoms with Crippen LogP contribution in [0.3, 0.4) is 0 Å². The highest BCUT2D eigenvalue weighted by Gasteiger charge is 2.21. The van der Waals surface area contributed by atoms with Crippen LogP contribution in [0.1, 0.15) is 12.5 Å². The highest BCUT2D eigenvalue weighted by molar-refractivity contribution is 5.92. The van der Waals surface area contributed by atoms with Crippen molar-refractivity contribution in [2.45, 2.75) is 6.92 Å². The van der Waals surface area contributed by atoms with Crippen LogP contribution in [0.2, 0.25) is 0 Å². The second-order valence-corrected chi connectivity index (χ2v) is 5.85. The standard InChI is InChI=1S/C18H22N2O5.ClH/c1-2-23-18(22)12-19-7-9-20(10-8-19)17(21)6-4-14-3-5-15-16(11-14)25-13-24-15;/h3-6,11H,2,7-10,12-13H2,1H3;1H/b6-4+;. The second kappa shape index (κ2) is 9.45. The van der Waals surface area contributed by atoms with Crippen molar-refractivity contribution in [3.8, 4) is 11.5 Å². The fourth-order valence-electron chi connectivity index (χ4n) is 2.81. The van der Waals surface area contributed by atoms with Crippen LogP contribution >= 0.6 is 12.4 Å². The zero-order valence-corrected chi connectivity index (χ0v) is 15.5. The first-order valence-electron chi connectivity index (χ1n) is 8.40. The maximum Gasteiger partial charge on any atom is 0.320 e. The van der Waals surface area contributed by atoms with E-state index in [2.05, 4.69) is 0 Å². The number of piperazine rings is 1. The van der Waals surface area contributed by atoms with Crippen molar-refractivity contribution in [3.05, 3.63) is 29.8 Å². The van der Waals surface area contributed by atoms with E-state index in [4.69, 9.17) is 14.2 Å². The van der Waals surface area contributed by atoms with E-state index in [-0.39, 0.29) is 37.6 Å². The Balaban J connectivity index is 0.00000243. The first kappa shape index (κ1) is 20.1. The third kappa shape index (κ3) is 5.12. The van der Waals surface area contributed by atoms with Crippen molar-refractivity contribution in [3.63, 3.8) is 0 Å². The summed E-state index contributed by atoms with van der Waals surface area (Å²) >= 11 is 0. The van der Waals surface area contributed by atoms with Gasteiger partial charge in [0.1, 0.15) is 0 Å². The number of ether oxygens (including phenoxy) is 3. The summed E-state index contributed by atoms with van der Waals surface area (Å²) < 4.78 is 15.5. The highest BCUT2D eigenvalue weighted by atomic mass is 35.5. The first-order chi connectivity index (χ1) is 12.2. The number of nitrogens with zero attached hydrogens (tertiary/aromatic N) is 2. The van der Waals surface area contributed by atoms with Gasteiger partial charge in [-0.2, -0.15) is 0 Å². The van der Waals surface area contributed by atoms with E-state index in [9.17, 15) is 9.59 Å². The maximum atomic E-state index is 12.3. The predicted molar refractivity (Wildman–Crippen MR) is 98.5 cm³/mol. The summed E-state index contributed by atoms with van der Waals surface area (Å²) in [5.74, 6) is 1.17. The predicted octanol–water partition coefficient (Wildman–Crippen LogP) is 1.56. The van der Waals surface area contributed by atoms with Crippen LogP contribution in [-0.4, -0.2) is 67.8 Å². The summed E-state index contributed by atoms with van der Waals surface area (Å²) in [5, 5.41) is 0. The molecule has 0 bridgehead atoms. The lowest BCUT2D eigenvalue weighted by Gasteiger charge is -2.33. The van der Waals surface area contributed by atoms with Crippen LogP contribution < -0.4 is 9.47 Å². The van der Waals surface area contributed by atoms with E-state index in [0.29, 0.717) is 38.5 Å². The highest BCUT2D eigenvalue weighted by Crippen LogP contribution is 2.32. The van der Waals surface area contributed by atoms with Gasteiger partial charge in [0.2, 0.25) is 12.7 Å². The van der Waals surface area contributed by atoms with E-state index >= 15 is 0 Å². The van der Waals surface area contributed by atoms with E-state index in [1.54, 1.807) is 24.0 Å². The molecular weight excluding hydrogens is 360 g/mol. The van der Waals surface area contributed by atoms with Crippen LogP contribution in [0, 0.1) is 0 Å². The molecule has 0 atom stereocenters. The molecule has 0 aliphatic carbocycles. The minimum atomic E-state index is -0.218.